The van der Waals surface area contributed by atoms with Crippen molar-refractivity contribution < 1.29 is 13.3 Å². The average Bonchev–Trinajstić information content (AvgIpc) is 2.89. The molecule has 1 aromatic carbocycles. The average molecular weight is 398 g/mol. The smallest absolute Gasteiger partial charge is 0.293 e. The quantitative estimate of drug-likeness (QED) is 0.593. The van der Waals surface area contributed by atoms with Crippen LogP contribution in [0.5, 0.6) is 0 Å². The molecule has 0 bridgehead atoms. The number of thiophene rings is 1. The van der Waals surface area contributed by atoms with Gasteiger partial charge in [-0.3, -0.25) is 10.1 Å². The molecular weight excluding hydrogens is 374 g/mol. The molecule has 142 valence electrons. The van der Waals surface area contributed by atoms with E-state index in [1.165, 1.54) is 12.1 Å². The number of nitrogens with zero attached hydrogens (tertiary/aromatic N) is 2. The molecule has 26 heavy (non-hydrogen) atoms. The zero-order valence-corrected chi connectivity index (χ0v) is 17.1. The Balaban J connectivity index is 2.40. The molecule has 2 rings (SSSR count). The van der Waals surface area contributed by atoms with E-state index in [1.54, 1.807) is 44.1 Å². The lowest BCUT2D eigenvalue weighted by Gasteiger charge is -2.22. The highest BCUT2D eigenvalue weighted by molar-refractivity contribution is 7.89. The number of nitrogens with one attached hydrogen (secondary N) is 1. The third kappa shape index (κ3) is 4.80. The third-order valence-electron chi connectivity index (χ3n) is 3.65. The van der Waals surface area contributed by atoms with E-state index in [9.17, 15) is 18.5 Å². The summed E-state index contributed by atoms with van der Waals surface area (Å²) in [7, 11) is -2.09. The van der Waals surface area contributed by atoms with Gasteiger partial charge in [0.1, 0.15) is 5.69 Å². The standard InChI is InChI=1S/C17H23N3O4S2/c1-12-8-9-25-16(12)11-19(5)14-7-6-13(10-15(14)20(21)22)26(23,24)18-17(2,3)4/h6-10,18H,11H2,1-5H3. The zero-order valence-electron chi connectivity index (χ0n) is 15.4. The molecule has 0 atom stereocenters. The zero-order chi connectivity index (χ0) is 19.7. The lowest BCUT2D eigenvalue weighted by molar-refractivity contribution is -0.384. The van der Waals surface area contributed by atoms with Crippen LogP contribution in [0.15, 0.2) is 34.5 Å². The van der Waals surface area contributed by atoms with Crippen LogP contribution in [0.3, 0.4) is 0 Å². The lowest BCUT2D eigenvalue weighted by Crippen LogP contribution is -2.40. The third-order valence-corrected chi connectivity index (χ3v) is 6.42. The number of rotatable bonds is 6. The number of sulfonamides is 1. The number of benzene rings is 1. The fraction of sp³-hybridized carbons (Fsp3) is 0.412. The van der Waals surface area contributed by atoms with Gasteiger partial charge in [-0.25, -0.2) is 13.1 Å². The van der Waals surface area contributed by atoms with Gasteiger partial charge in [0.2, 0.25) is 10.0 Å². The van der Waals surface area contributed by atoms with Gasteiger partial charge in [0.25, 0.3) is 5.69 Å². The van der Waals surface area contributed by atoms with E-state index < -0.39 is 20.5 Å². The molecule has 0 radical (unpaired) electrons. The van der Waals surface area contributed by atoms with E-state index >= 15 is 0 Å². The van der Waals surface area contributed by atoms with E-state index in [-0.39, 0.29) is 10.6 Å². The van der Waals surface area contributed by atoms with Gasteiger partial charge in [-0.2, -0.15) is 0 Å². The van der Waals surface area contributed by atoms with Crippen LogP contribution in [0.4, 0.5) is 11.4 Å². The van der Waals surface area contributed by atoms with Crippen LogP contribution in [-0.2, 0) is 16.6 Å². The van der Waals surface area contributed by atoms with E-state index in [2.05, 4.69) is 4.72 Å². The first-order valence-corrected chi connectivity index (χ1v) is 10.3. The Hall–Kier alpha value is -1.97. The Labute approximate surface area is 157 Å². The van der Waals surface area contributed by atoms with Crippen LogP contribution in [0.2, 0.25) is 0 Å². The Morgan fingerprint density at radius 3 is 2.42 bits per heavy atom. The minimum atomic E-state index is -3.84. The number of anilines is 1. The normalized spacial score (nSPS) is 12.2. The highest BCUT2D eigenvalue weighted by Crippen LogP contribution is 2.32. The summed E-state index contributed by atoms with van der Waals surface area (Å²) in [4.78, 5) is 13.7. The largest absolute Gasteiger partial charge is 0.364 e. The molecule has 0 saturated heterocycles. The van der Waals surface area contributed by atoms with Crippen molar-refractivity contribution in [2.75, 3.05) is 11.9 Å². The van der Waals surface area contributed by atoms with Crippen LogP contribution >= 0.6 is 11.3 Å². The van der Waals surface area contributed by atoms with Crippen molar-refractivity contribution in [3.63, 3.8) is 0 Å². The van der Waals surface area contributed by atoms with Gasteiger partial charge >= 0.3 is 0 Å². The summed E-state index contributed by atoms with van der Waals surface area (Å²) in [6, 6.07) is 5.99. The molecule has 1 heterocycles. The molecule has 0 amide bonds. The molecule has 1 N–H and O–H groups in total. The maximum Gasteiger partial charge on any atom is 0.293 e. The first-order valence-electron chi connectivity index (χ1n) is 7.97. The monoisotopic (exact) mass is 397 g/mol. The summed E-state index contributed by atoms with van der Waals surface area (Å²) in [5.74, 6) is 0. The SMILES string of the molecule is Cc1ccsc1CN(C)c1ccc(S(=O)(=O)NC(C)(C)C)cc1[N+](=O)[O-]. The van der Waals surface area contributed by atoms with Crippen LogP contribution < -0.4 is 9.62 Å². The Morgan fingerprint density at radius 2 is 1.92 bits per heavy atom. The summed E-state index contributed by atoms with van der Waals surface area (Å²) in [5, 5.41) is 13.5. The van der Waals surface area contributed by atoms with Gasteiger partial charge in [0.05, 0.1) is 16.4 Å². The van der Waals surface area contributed by atoms with E-state index in [0.717, 1.165) is 16.5 Å². The molecule has 0 saturated carbocycles. The van der Waals surface area contributed by atoms with Crippen molar-refractivity contribution in [1.29, 1.82) is 0 Å². The predicted molar refractivity (Wildman–Crippen MR) is 104 cm³/mol. The first-order chi connectivity index (χ1) is 11.9. The van der Waals surface area contributed by atoms with Gasteiger partial charge in [-0.05, 0) is 56.8 Å². The molecule has 2 aromatic rings. The number of nitro groups is 1. The van der Waals surface area contributed by atoms with Crippen molar-refractivity contribution in [3.05, 3.63) is 50.2 Å². The topological polar surface area (TPSA) is 92.6 Å². The first kappa shape index (κ1) is 20.3. The maximum atomic E-state index is 12.5. The van der Waals surface area contributed by atoms with Crippen molar-refractivity contribution >= 4 is 32.7 Å². The van der Waals surface area contributed by atoms with Crippen molar-refractivity contribution in [1.82, 2.24) is 4.72 Å². The number of hydrogen-bond donors (Lipinski definition) is 1. The molecule has 0 fully saturated rings. The summed E-state index contributed by atoms with van der Waals surface area (Å²) < 4.78 is 27.4. The van der Waals surface area contributed by atoms with E-state index in [1.807, 2.05) is 18.4 Å². The molecule has 0 aliphatic carbocycles. The summed E-state index contributed by atoms with van der Waals surface area (Å²) >= 11 is 1.58. The van der Waals surface area contributed by atoms with Gasteiger partial charge in [-0.1, -0.05) is 0 Å². The Bertz CT molecular complexity index is 914. The van der Waals surface area contributed by atoms with Crippen LogP contribution in [0.25, 0.3) is 0 Å². The molecule has 9 heteroatoms. The predicted octanol–water partition coefficient (Wildman–Crippen LogP) is 3.68. The van der Waals surface area contributed by atoms with Gasteiger partial charge in [-0.15, -0.1) is 11.3 Å². The fourth-order valence-electron chi connectivity index (χ4n) is 2.47. The van der Waals surface area contributed by atoms with Crippen molar-refractivity contribution in [3.8, 4) is 0 Å². The number of hydrogen-bond acceptors (Lipinski definition) is 6. The van der Waals surface area contributed by atoms with Gasteiger partial charge in [0.15, 0.2) is 0 Å². The number of aryl methyl sites for hydroxylation is 1. The molecule has 0 spiro atoms. The van der Waals surface area contributed by atoms with Crippen LogP contribution in [0, 0.1) is 17.0 Å². The Morgan fingerprint density at radius 1 is 1.27 bits per heavy atom. The summed E-state index contributed by atoms with van der Waals surface area (Å²) in [6.45, 7) is 7.64. The summed E-state index contributed by atoms with van der Waals surface area (Å²) in [6.07, 6.45) is 0. The molecule has 0 aliphatic heterocycles. The minimum absolute atomic E-state index is 0.122. The molecular formula is C17H23N3O4S2. The molecule has 7 nitrogen and oxygen atoms in total. The second-order valence-corrected chi connectivity index (χ2v) is 9.83. The van der Waals surface area contributed by atoms with E-state index in [0.29, 0.717) is 12.2 Å². The number of nitro benzene ring substituents is 1. The van der Waals surface area contributed by atoms with Gasteiger partial charge in [0, 0.05) is 23.5 Å². The van der Waals surface area contributed by atoms with Crippen LogP contribution in [-0.4, -0.2) is 25.9 Å². The molecule has 0 unspecified atom stereocenters. The molecule has 1 aromatic heterocycles. The highest BCUT2D eigenvalue weighted by atomic mass is 32.2. The van der Waals surface area contributed by atoms with Gasteiger partial charge < -0.3 is 4.90 Å². The summed E-state index contributed by atoms with van der Waals surface area (Å²) in [5.41, 5.74) is 0.578. The second-order valence-electron chi connectivity index (χ2n) is 7.15. The highest BCUT2D eigenvalue weighted by Gasteiger charge is 2.26. The van der Waals surface area contributed by atoms with Crippen molar-refractivity contribution in [2.24, 2.45) is 0 Å². The Kier molecular flexibility index (Phi) is 5.74. The fourth-order valence-corrected chi connectivity index (χ4v) is 4.86. The maximum absolute atomic E-state index is 12.5. The molecule has 0 aliphatic rings. The minimum Gasteiger partial charge on any atom is -0.364 e. The van der Waals surface area contributed by atoms with E-state index in [4.69, 9.17) is 0 Å². The van der Waals surface area contributed by atoms with Crippen LogP contribution in [0.1, 0.15) is 31.2 Å². The van der Waals surface area contributed by atoms with Crippen molar-refractivity contribution in [2.45, 2.75) is 44.7 Å². The second kappa shape index (κ2) is 7.34. The lowest BCUT2D eigenvalue weighted by atomic mass is 10.1.